The fourth-order valence-electron chi connectivity index (χ4n) is 2.30. The molecule has 0 aromatic rings. The minimum absolute atomic E-state index is 0. The molecule has 0 aliphatic carbocycles. The quantitative estimate of drug-likeness (QED) is 0.332. The minimum atomic E-state index is -5.25. The third kappa shape index (κ3) is 6.88. The van der Waals surface area contributed by atoms with E-state index >= 15 is 0 Å². The van der Waals surface area contributed by atoms with Crippen molar-refractivity contribution in [2.24, 2.45) is 16.6 Å². The fraction of sp³-hybridized carbons (Fsp3) is 0.917. The molecule has 3 N–H and O–H groups in total. The van der Waals surface area contributed by atoms with Crippen LogP contribution in [0.15, 0.2) is 4.99 Å². The number of nitrogens with zero attached hydrogens (tertiary/aromatic N) is 2. The van der Waals surface area contributed by atoms with Crippen molar-refractivity contribution in [3.63, 3.8) is 0 Å². The molecule has 0 spiro atoms. The van der Waals surface area contributed by atoms with Gasteiger partial charge in [0.2, 0.25) is 0 Å². The molecule has 0 aromatic carbocycles. The van der Waals surface area contributed by atoms with Crippen molar-refractivity contribution in [3.8, 4) is 0 Å². The van der Waals surface area contributed by atoms with E-state index in [-0.39, 0.29) is 55.0 Å². The summed E-state index contributed by atoms with van der Waals surface area (Å²) in [6.45, 7) is 2.36. The lowest BCUT2D eigenvalue weighted by Gasteiger charge is -2.30. The van der Waals surface area contributed by atoms with Gasteiger partial charge in [0, 0.05) is 32.8 Å². The van der Waals surface area contributed by atoms with Crippen molar-refractivity contribution in [2.45, 2.75) is 31.3 Å². The lowest BCUT2D eigenvalue weighted by atomic mass is 9.98. The molecule has 1 aliphatic rings. The van der Waals surface area contributed by atoms with Crippen molar-refractivity contribution in [2.75, 3.05) is 33.4 Å². The van der Waals surface area contributed by atoms with Crippen LogP contribution in [-0.2, 0) is 14.8 Å². The second kappa shape index (κ2) is 9.97. The van der Waals surface area contributed by atoms with Crippen molar-refractivity contribution >= 4 is 40.0 Å². The number of guanidine groups is 1. The first-order chi connectivity index (χ1) is 10.6. The Kier molecular flexibility index (Phi) is 9.83. The lowest BCUT2D eigenvalue weighted by molar-refractivity contribution is -0.0496. The van der Waals surface area contributed by atoms with Gasteiger partial charge in [-0.3, -0.25) is 4.99 Å². The van der Waals surface area contributed by atoms with Gasteiger partial charge in [-0.15, -0.1) is 24.0 Å². The van der Waals surface area contributed by atoms with Crippen LogP contribution in [0.3, 0.4) is 0 Å². The number of piperidine rings is 1. The Morgan fingerprint density at radius 3 is 2.42 bits per heavy atom. The number of methoxy groups -OCH3 is 1. The fourth-order valence-corrected chi connectivity index (χ4v) is 3.28. The van der Waals surface area contributed by atoms with Crippen LogP contribution >= 0.6 is 24.0 Å². The number of hydrogen-bond acceptors (Lipinski definition) is 4. The Labute approximate surface area is 157 Å². The SMILES string of the molecule is COCC(C)NC(N)=NCC1CCN(S(=O)(=O)C(F)(F)F)CC1.I. The van der Waals surface area contributed by atoms with Gasteiger partial charge in [-0.05, 0) is 25.7 Å². The topological polar surface area (TPSA) is 97.0 Å². The van der Waals surface area contributed by atoms with E-state index in [2.05, 4.69) is 10.3 Å². The molecule has 0 amide bonds. The molecule has 1 atom stereocenters. The van der Waals surface area contributed by atoms with Gasteiger partial charge >= 0.3 is 15.5 Å². The third-order valence-corrected chi connectivity index (χ3v) is 5.17. The first kappa shape index (κ1) is 23.7. The molecule has 1 aliphatic heterocycles. The highest BCUT2D eigenvalue weighted by Crippen LogP contribution is 2.30. The normalized spacial score (nSPS) is 19.6. The summed E-state index contributed by atoms with van der Waals surface area (Å²) in [7, 11) is -3.67. The number of nitrogens with two attached hydrogens (primary N) is 1. The van der Waals surface area contributed by atoms with Gasteiger partial charge in [0.15, 0.2) is 5.96 Å². The summed E-state index contributed by atoms with van der Waals surface area (Å²) in [5, 5.41) is 2.92. The number of alkyl halides is 3. The highest BCUT2D eigenvalue weighted by atomic mass is 127. The molecule has 7 nitrogen and oxygen atoms in total. The zero-order valence-corrected chi connectivity index (χ0v) is 16.7. The maximum Gasteiger partial charge on any atom is 0.511 e. The molecule has 1 unspecified atom stereocenters. The second-order valence-corrected chi connectivity index (χ2v) is 7.45. The molecule has 0 radical (unpaired) electrons. The average Bonchev–Trinajstić information content (AvgIpc) is 2.44. The summed E-state index contributed by atoms with van der Waals surface area (Å²) in [5.41, 5.74) is 0.458. The summed E-state index contributed by atoms with van der Waals surface area (Å²) < 4.78 is 65.4. The molecule has 144 valence electrons. The van der Waals surface area contributed by atoms with Gasteiger partial charge in [-0.1, -0.05) is 0 Å². The number of rotatable bonds is 6. The number of hydrogen-bond donors (Lipinski definition) is 2. The van der Waals surface area contributed by atoms with E-state index in [0.717, 1.165) is 0 Å². The van der Waals surface area contributed by atoms with Crippen molar-refractivity contribution in [3.05, 3.63) is 0 Å². The molecule has 12 heteroatoms. The molecule has 1 saturated heterocycles. The highest BCUT2D eigenvalue weighted by Gasteiger charge is 2.50. The predicted molar refractivity (Wildman–Crippen MR) is 95.6 cm³/mol. The van der Waals surface area contributed by atoms with Gasteiger partial charge in [0.25, 0.3) is 0 Å². The Hall–Kier alpha value is -0.340. The number of halogens is 4. The second-order valence-electron chi connectivity index (χ2n) is 5.52. The predicted octanol–water partition coefficient (Wildman–Crippen LogP) is 1.11. The standard InChI is InChI=1S/C12H23F3N4O3S.HI/c1-9(8-22-2)18-11(16)17-7-10-3-5-19(6-4-10)23(20,21)12(13,14)15;/h9-10H,3-8H2,1-2H3,(H3,16,17,18);1H. The lowest BCUT2D eigenvalue weighted by Crippen LogP contribution is -2.45. The van der Waals surface area contributed by atoms with Gasteiger partial charge in [0.05, 0.1) is 6.61 Å². The van der Waals surface area contributed by atoms with E-state index in [0.29, 0.717) is 30.3 Å². The van der Waals surface area contributed by atoms with Crippen LogP contribution in [-0.4, -0.2) is 63.6 Å². The number of aliphatic imine (C=N–C) groups is 1. The van der Waals surface area contributed by atoms with E-state index < -0.39 is 15.5 Å². The van der Waals surface area contributed by atoms with Crippen molar-refractivity contribution in [1.82, 2.24) is 9.62 Å². The molecule has 1 heterocycles. The van der Waals surface area contributed by atoms with E-state index in [9.17, 15) is 21.6 Å². The smallest absolute Gasteiger partial charge is 0.383 e. The average molecular weight is 488 g/mol. The molecule has 24 heavy (non-hydrogen) atoms. The largest absolute Gasteiger partial charge is 0.511 e. The van der Waals surface area contributed by atoms with Crippen LogP contribution in [0, 0.1) is 5.92 Å². The maximum atomic E-state index is 12.5. The summed E-state index contributed by atoms with van der Waals surface area (Å²) in [5.74, 6) is 0.243. The van der Waals surface area contributed by atoms with Crippen LogP contribution in [0.25, 0.3) is 0 Å². The molecule has 0 bridgehead atoms. The van der Waals surface area contributed by atoms with Gasteiger partial charge < -0.3 is 15.8 Å². The van der Waals surface area contributed by atoms with E-state index in [1.54, 1.807) is 7.11 Å². The van der Waals surface area contributed by atoms with Crippen LogP contribution in [0.1, 0.15) is 19.8 Å². The number of nitrogens with one attached hydrogen (secondary N) is 1. The van der Waals surface area contributed by atoms with Crippen molar-refractivity contribution < 1.29 is 26.3 Å². The van der Waals surface area contributed by atoms with Crippen LogP contribution < -0.4 is 11.1 Å². The molecule has 1 fully saturated rings. The zero-order chi connectivity index (χ0) is 17.7. The van der Waals surface area contributed by atoms with Gasteiger partial charge in [0.1, 0.15) is 0 Å². The first-order valence-electron chi connectivity index (χ1n) is 7.19. The summed E-state index contributed by atoms with van der Waals surface area (Å²) >= 11 is 0. The van der Waals surface area contributed by atoms with E-state index in [1.807, 2.05) is 6.92 Å². The molecule has 0 aromatic heterocycles. The Balaban J connectivity index is 0.00000529. The number of sulfonamides is 1. The first-order valence-corrected chi connectivity index (χ1v) is 8.63. The summed E-state index contributed by atoms with van der Waals surface area (Å²) in [6, 6.07) is -0.0116. The van der Waals surface area contributed by atoms with Crippen LogP contribution in [0.2, 0.25) is 0 Å². The van der Waals surface area contributed by atoms with Gasteiger partial charge in [-0.25, -0.2) is 8.42 Å². The molecule has 0 saturated carbocycles. The monoisotopic (exact) mass is 488 g/mol. The van der Waals surface area contributed by atoms with E-state index in [4.69, 9.17) is 10.5 Å². The Morgan fingerprint density at radius 1 is 1.42 bits per heavy atom. The van der Waals surface area contributed by atoms with Crippen LogP contribution in [0.5, 0.6) is 0 Å². The molecular weight excluding hydrogens is 464 g/mol. The third-order valence-electron chi connectivity index (χ3n) is 3.54. The Morgan fingerprint density at radius 2 is 1.96 bits per heavy atom. The van der Waals surface area contributed by atoms with Crippen LogP contribution in [0.4, 0.5) is 13.2 Å². The Bertz CT molecular complexity index is 508. The molecular formula is C12H24F3IN4O3S. The maximum absolute atomic E-state index is 12.5. The number of ether oxygens (including phenoxy) is 1. The molecule has 1 rings (SSSR count). The van der Waals surface area contributed by atoms with Gasteiger partial charge in [-0.2, -0.15) is 17.5 Å². The highest BCUT2D eigenvalue weighted by molar-refractivity contribution is 14.0. The zero-order valence-electron chi connectivity index (χ0n) is 13.5. The van der Waals surface area contributed by atoms with E-state index in [1.165, 1.54) is 0 Å². The summed E-state index contributed by atoms with van der Waals surface area (Å²) in [4.78, 5) is 4.14. The minimum Gasteiger partial charge on any atom is -0.383 e. The summed E-state index contributed by atoms with van der Waals surface area (Å²) in [6.07, 6.45) is 0.638. The van der Waals surface area contributed by atoms with Crippen molar-refractivity contribution in [1.29, 1.82) is 0 Å².